The van der Waals surface area contributed by atoms with E-state index < -0.39 is 0 Å². The van der Waals surface area contributed by atoms with Crippen LogP contribution in [0.15, 0.2) is 70.9 Å². The van der Waals surface area contributed by atoms with E-state index in [1.165, 1.54) is 23.1 Å². The van der Waals surface area contributed by atoms with Crippen LogP contribution in [0.1, 0.15) is 16.6 Å². The van der Waals surface area contributed by atoms with Crippen LogP contribution in [0.4, 0.5) is 11.4 Å². The highest BCUT2D eigenvalue weighted by Crippen LogP contribution is 2.27. The fourth-order valence-corrected chi connectivity index (χ4v) is 3.94. The Bertz CT molecular complexity index is 927. The summed E-state index contributed by atoms with van der Waals surface area (Å²) in [7, 11) is 0. The molecule has 0 aliphatic rings. The highest BCUT2D eigenvalue weighted by atomic mass is 35.5. The second-order valence-corrected chi connectivity index (χ2v) is 8.45. The first-order valence-corrected chi connectivity index (χ1v) is 10.3. The molecule has 138 valence electrons. The zero-order valence-corrected chi connectivity index (χ0v) is 16.8. The van der Waals surface area contributed by atoms with E-state index in [1.807, 2.05) is 54.8 Å². The Morgan fingerprint density at radius 3 is 2.41 bits per heavy atom. The van der Waals surface area contributed by atoms with Crippen LogP contribution >= 0.6 is 34.7 Å². The van der Waals surface area contributed by atoms with Gasteiger partial charge in [0.2, 0.25) is 5.91 Å². The van der Waals surface area contributed by atoms with E-state index in [0.717, 1.165) is 4.90 Å². The van der Waals surface area contributed by atoms with E-state index in [0.29, 0.717) is 21.3 Å². The number of thiophene rings is 1. The number of amides is 2. The number of anilines is 2. The lowest BCUT2D eigenvalue weighted by Gasteiger charge is -2.13. The van der Waals surface area contributed by atoms with Gasteiger partial charge >= 0.3 is 0 Å². The van der Waals surface area contributed by atoms with E-state index in [9.17, 15) is 9.59 Å². The van der Waals surface area contributed by atoms with Gasteiger partial charge in [-0.05, 0) is 54.8 Å². The first-order valence-electron chi connectivity index (χ1n) is 8.20. The van der Waals surface area contributed by atoms with Crippen molar-refractivity contribution < 1.29 is 9.59 Å². The molecule has 2 amide bonds. The Hall–Kier alpha value is -2.28. The number of halogens is 1. The quantitative estimate of drug-likeness (QED) is 0.501. The summed E-state index contributed by atoms with van der Waals surface area (Å²) >= 11 is 8.91. The molecule has 27 heavy (non-hydrogen) atoms. The summed E-state index contributed by atoms with van der Waals surface area (Å²) in [5, 5.41) is 7.77. The van der Waals surface area contributed by atoms with Gasteiger partial charge in [0.05, 0.1) is 20.8 Å². The molecule has 0 fully saturated rings. The molecule has 0 aliphatic carbocycles. The van der Waals surface area contributed by atoms with Gasteiger partial charge in [0.15, 0.2) is 0 Å². The first-order chi connectivity index (χ1) is 13.0. The summed E-state index contributed by atoms with van der Waals surface area (Å²) in [6.45, 7) is 1.84. The molecule has 2 N–H and O–H groups in total. The van der Waals surface area contributed by atoms with E-state index in [2.05, 4.69) is 10.6 Å². The van der Waals surface area contributed by atoms with E-state index >= 15 is 0 Å². The van der Waals surface area contributed by atoms with Gasteiger partial charge < -0.3 is 10.6 Å². The Labute approximate surface area is 170 Å². The Balaban J connectivity index is 1.56. The summed E-state index contributed by atoms with van der Waals surface area (Å²) in [6, 6.07) is 18.2. The van der Waals surface area contributed by atoms with Crippen LogP contribution in [0, 0.1) is 0 Å². The minimum Gasteiger partial charge on any atom is -0.324 e. The monoisotopic (exact) mass is 416 g/mol. The molecule has 1 heterocycles. The fraction of sp³-hybridized carbons (Fsp3) is 0.100. The van der Waals surface area contributed by atoms with Crippen molar-refractivity contribution >= 4 is 57.9 Å². The predicted octanol–water partition coefficient (Wildman–Crippen LogP) is 5.77. The van der Waals surface area contributed by atoms with Crippen molar-refractivity contribution in [3.8, 4) is 0 Å². The number of carbonyl (C=O) groups excluding carboxylic acids is 2. The summed E-state index contributed by atoms with van der Waals surface area (Å²) in [5.41, 5.74) is 1.31. The molecule has 0 radical (unpaired) electrons. The lowest BCUT2D eigenvalue weighted by Crippen LogP contribution is -2.22. The number of rotatable bonds is 6. The molecule has 4 nitrogen and oxygen atoms in total. The average Bonchev–Trinajstić information content (AvgIpc) is 3.20. The van der Waals surface area contributed by atoms with Crippen molar-refractivity contribution in [2.24, 2.45) is 0 Å². The molecular formula is C20H17ClN2O2S2. The summed E-state index contributed by atoms with van der Waals surface area (Å²) in [4.78, 5) is 26.0. The number of nitrogens with one attached hydrogen (secondary N) is 2. The Morgan fingerprint density at radius 2 is 1.74 bits per heavy atom. The topological polar surface area (TPSA) is 58.2 Å². The third-order valence-corrected chi connectivity index (χ3v) is 5.98. The molecule has 0 bridgehead atoms. The van der Waals surface area contributed by atoms with Crippen LogP contribution < -0.4 is 10.6 Å². The number of para-hydroxylation sites is 1. The van der Waals surface area contributed by atoms with Gasteiger partial charge in [-0.2, -0.15) is 0 Å². The standard InChI is InChI=1S/C20H17ClN2O2S2/c1-13(19(24)23-17-6-3-2-5-16(17)21)27-15-10-8-14(9-11-15)22-20(25)18-7-4-12-26-18/h2-13H,1H3,(H,22,25)(H,23,24). The SMILES string of the molecule is CC(Sc1ccc(NC(=O)c2cccs2)cc1)C(=O)Nc1ccccc1Cl. The third-order valence-electron chi connectivity index (χ3n) is 3.67. The maximum atomic E-state index is 12.4. The maximum absolute atomic E-state index is 12.4. The highest BCUT2D eigenvalue weighted by molar-refractivity contribution is 8.00. The van der Waals surface area contributed by atoms with Gasteiger partial charge in [-0.3, -0.25) is 9.59 Å². The van der Waals surface area contributed by atoms with E-state index in [-0.39, 0.29) is 17.1 Å². The second-order valence-electron chi connectivity index (χ2n) is 5.68. The molecular weight excluding hydrogens is 400 g/mol. The van der Waals surface area contributed by atoms with Crippen molar-refractivity contribution in [1.29, 1.82) is 0 Å². The Morgan fingerprint density at radius 1 is 1.00 bits per heavy atom. The normalized spacial score (nSPS) is 11.6. The van der Waals surface area contributed by atoms with E-state index in [4.69, 9.17) is 11.6 Å². The molecule has 1 unspecified atom stereocenters. The highest BCUT2D eigenvalue weighted by Gasteiger charge is 2.16. The second kappa shape index (κ2) is 9.08. The average molecular weight is 417 g/mol. The molecule has 2 aromatic carbocycles. The third kappa shape index (κ3) is 5.35. The molecule has 7 heteroatoms. The van der Waals surface area contributed by atoms with Crippen LogP contribution in [-0.2, 0) is 4.79 Å². The zero-order valence-electron chi connectivity index (χ0n) is 14.4. The van der Waals surface area contributed by atoms with Gasteiger partial charge in [0, 0.05) is 10.6 Å². The summed E-state index contributed by atoms with van der Waals surface area (Å²) < 4.78 is 0. The van der Waals surface area contributed by atoms with Crippen LogP contribution in [0.2, 0.25) is 5.02 Å². The largest absolute Gasteiger partial charge is 0.324 e. The van der Waals surface area contributed by atoms with Crippen molar-refractivity contribution in [2.45, 2.75) is 17.1 Å². The number of carbonyl (C=O) groups is 2. The van der Waals surface area contributed by atoms with Crippen LogP contribution in [0.5, 0.6) is 0 Å². The van der Waals surface area contributed by atoms with Crippen LogP contribution in [-0.4, -0.2) is 17.1 Å². The minimum absolute atomic E-state index is 0.122. The van der Waals surface area contributed by atoms with Crippen LogP contribution in [0.25, 0.3) is 0 Å². The fourth-order valence-electron chi connectivity index (χ4n) is 2.27. The lowest BCUT2D eigenvalue weighted by molar-refractivity contribution is -0.115. The maximum Gasteiger partial charge on any atom is 0.265 e. The van der Waals surface area contributed by atoms with Gasteiger partial charge in [0.1, 0.15) is 0 Å². The molecule has 1 atom stereocenters. The van der Waals surface area contributed by atoms with Crippen molar-refractivity contribution in [3.63, 3.8) is 0 Å². The van der Waals surface area contributed by atoms with Gasteiger partial charge in [-0.25, -0.2) is 0 Å². The van der Waals surface area contributed by atoms with Gasteiger partial charge in [0.25, 0.3) is 5.91 Å². The summed E-state index contributed by atoms with van der Waals surface area (Å²) in [6.07, 6.45) is 0. The number of hydrogen-bond acceptors (Lipinski definition) is 4. The predicted molar refractivity (Wildman–Crippen MR) is 114 cm³/mol. The molecule has 0 saturated carbocycles. The molecule has 3 aromatic rings. The zero-order chi connectivity index (χ0) is 19.2. The minimum atomic E-state index is -0.298. The number of hydrogen-bond donors (Lipinski definition) is 2. The lowest BCUT2D eigenvalue weighted by atomic mass is 10.3. The van der Waals surface area contributed by atoms with Crippen molar-refractivity contribution in [1.82, 2.24) is 0 Å². The molecule has 1 aromatic heterocycles. The Kier molecular flexibility index (Phi) is 6.55. The van der Waals surface area contributed by atoms with Crippen LogP contribution in [0.3, 0.4) is 0 Å². The smallest absolute Gasteiger partial charge is 0.265 e. The first kappa shape index (κ1) is 19.5. The van der Waals surface area contributed by atoms with E-state index in [1.54, 1.807) is 18.2 Å². The summed E-state index contributed by atoms with van der Waals surface area (Å²) in [5.74, 6) is -0.249. The molecule has 0 saturated heterocycles. The van der Waals surface area contributed by atoms with Crippen molar-refractivity contribution in [2.75, 3.05) is 10.6 Å². The molecule has 0 spiro atoms. The molecule has 3 rings (SSSR count). The number of thioether (sulfide) groups is 1. The molecule has 0 aliphatic heterocycles. The number of benzene rings is 2. The van der Waals surface area contributed by atoms with Crippen molar-refractivity contribution in [3.05, 3.63) is 75.9 Å². The van der Waals surface area contributed by atoms with Gasteiger partial charge in [-0.15, -0.1) is 23.1 Å². The van der Waals surface area contributed by atoms with Gasteiger partial charge in [-0.1, -0.05) is 29.8 Å².